The molecule has 4 N–H and O–H groups in total. The molecule has 1 atom stereocenters. The van der Waals surface area contributed by atoms with Gasteiger partial charge in [-0.25, -0.2) is 4.39 Å². The molecule has 0 radical (unpaired) electrons. The number of carbonyl (C=O) groups is 2. The zero-order chi connectivity index (χ0) is 16.8. The quantitative estimate of drug-likeness (QED) is 0.778. The van der Waals surface area contributed by atoms with E-state index in [-0.39, 0.29) is 11.5 Å². The lowest BCUT2D eigenvalue weighted by atomic mass is 9.85. The van der Waals surface area contributed by atoms with Crippen LogP contribution in [-0.2, 0) is 4.79 Å². The number of amides is 2. The van der Waals surface area contributed by atoms with Crippen LogP contribution in [0, 0.1) is 11.7 Å². The van der Waals surface area contributed by atoms with Crippen LogP contribution in [0.1, 0.15) is 48.9 Å². The minimum absolute atomic E-state index is 0.105. The normalized spacial score (nSPS) is 16.7. The molecule has 2 rings (SSSR count). The van der Waals surface area contributed by atoms with Crippen LogP contribution in [0.2, 0.25) is 0 Å². The number of nitrogens with two attached hydrogens (primary N) is 1. The predicted octanol–water partition coefficient (Wildman–Crippen LogP) is 2.42. The van der Waals surface area contributed by atoms with Gasteiger partial charge in [0.25, 0.3) is 5.91 Å². The molecule has 2 amide bonds. The minimum atomic E-state index is -0.631. The molecule has 1 aromatic rings. The van der Waals surface area contributed by atoms with Crippen molar-refractivity contribution in [2.45, 2.75) is 44.6 Å². The lowest BCUT2D eigenvalue weighted by molar-refractivity contribution is -0.117. The maximum absolute atomic E-state index is 13.6. The monoisotopic (exact) mass is 321 g/mol. The first kappa shape index (κ1) is 17.4. The second-order valence-electron chi connectivity index (χ2n) is 6.11. The molecule has 0 saturated heterocycles. The fourth-order valence-electron chi connectivity index (χ4n) is 3.04. The maximum atomic E-state index is 13.6. The Hall–Kier alpha value is -1.95. The van der Waals surface area contributed by atoms with Gasteiger partial charge in [0.15, 0.2) is 0 Å². The summed E-state index contributed by atoms with van der Waals surface area (Å²) in [6.07, 6.45) is 6.57. The SMILES string of the molecule is CNC(=O)c1cc(NC(=O)[C@@H](N)CC2CCCCC2)ccc1F. The second-order valence-corrected chi connectivity index (χ2v) is 6.11. The molecule has 0 aromatic heterocycles. The zero-order valence-electron chi connectivity index (χ0n) is 13.4. The summed E-state index contributed by atoms with van der Waals surface area (Å²) in [6, 6.07) is 3.31. The van der Waals surface area contributed by atoms with Crippen molar-refractivity contribution in [1.29, 1.82) is 0 Å². The molecule has 1 aliphatic carbocycles. The van der Waals surface area contributed by atoms with Gasteiger partial charge in [-0.1, -0.05) is 32.1 Å². The van der Waals surface area contributed by atoms with E-state index in [0.717, 1.165) is 18.9 Å². The molecule has 1 saturated carbocycles. The maximum Gasteiger partial charge on any atom is 0.254 e. The van der Waals surface area contributed by atoms with E-state index in [4.69, 9.17) is 5.73 Å². The van der Waals surface area contributed by atoms with E-state index >= 15 is 0 Å². The van der Waals surface area contributed by atoms with Crippen molar-refractivity contribution < 1.29 is 14.0 Å². The van der Waals surface area contributed by atoms with Crippen molar-refractivity contribution in [3.05, 3.63) is 29.6 Å². The van der Waals surface area contributed by atoms with Crippen molar-refractivity contribution in [2.24, 2.45) is 11.7 Å². The first-order valence-corrected chi connectivity index (χ1v) is 8.09. The van der Waals surface area contributed by atoms with Crippen LogP contribution in [0.25, 0.3) is 0 Å². The van der Waals surface area contributed by atoms with Crippen LogP contribution in [0.5, 0.6) is 0 Å². The van der Waals surface area contributed by atoms with Gasteiger partial charge in [0, 0.05) is 12.7 Å². The van der Waals surface area contributed by atoms with Gasteiger partial charge in [0.1, 0.15) is 5.82 Å². The van der Waals surface area contributed by atoms with E-state index in [9.17, 15) is 14.0 Å². The summed E-state index contributed by atoms with van der Waals surface area (Å²) in [6.45, 7) is 0. The summed E-state index contributed by atoms with van der Waals surface area (Å²) in [5, 5.41) is 5.03. The van der Waals surface area contributed by atoms with Crippen molar-refractivity contribution in [1.82, 2.24) is 5.32 Å². The van der Waals surface area contributed by atoms with Crippen LogP contribution in [-0.4, -0.2) is 24.9 Å². The van der Waals surface area contributed by atoms with Gasteiger partial charge in [0.2, 0.25) is 5.91 Å². The van der Waals surface area contributed by atoms with Crippen LogP contribution >= 0.6 is 0 Å². The molecule has 1 aromatic carbocycles. The highest BCUT2D eigenvalue weighted by Crippen LogP contribution is 2.27. The molecular weight excluding hydrogens is 297 g/mol. The third-order valence-electron chi connectivity index (χ3n) is 4.35. The molecule has 6 heteroatoms. The number of carbonyl (C=O) groups excluding carboxylic acids is 2. The molecule has 0 bridgehead atoms. The molecule has 0 aliphatic heterocycles. The first-order chi connectivity index (χ1) is 11.0. The van der Waals surface area contributed by atoms with E-state index < -0.39 is 17.8 Å². The lowest BCUT2D eigenvalue weighted by Gasteiger charge is -2.24. The van der Waals surface area contributed by atoms with Gasteiger partial charge in [-0.15, -0.1) is 0 Å². The van der Waals surface area contributed by atoms with Crippen molar-refractivity contribution in [2.75, 3.05) is 12.4 Å². The summed E-state index contributed by atoms with van der Waals surface area (Å²) in [4.78, 5) is 23.8. The molecule has 0 heterocycles. The van der Waals surface area contributed by atoms with E-state index in [1.54, 1.807) is 0 Å². The van der Waals surface area contributed by atoms with Gasteiger partial charge in [-0.3, -0.25) is 9.59 Å². The van der Waals surface area contributed by atoms with E-state index in [1.165, 1.54) is 38.4 Å². The molecular formula is C17H24FN3O2. The minimum Gasteiger partial charge on any atom is -0.355 e. The number of hydrogen-bond donors (Lipinski definition) is 3. The summed E-state index contributed by atoms with van der Waals surface area (Å²) in [7, 11) is 1.42. The average Bonchev–Trinajstić information content (AvgIpc) is 2.56. The van der Waals surface area contributed by atoms with E-state index in [1.807, 2.05) is 0 Å². The van der Waals surface area contributed by atoms with Gasteiger partial charge in [0.05, 0.1) is 11.6 Å². The number of benzene rings is 1. The number of hydrogen-bond acceptors (Lipinski definition) is 3. The van der Waals surface area contributed by atoms with Crippen LogP contribution in [0.3, 0.4) is 0 Å². The Kier molecular flexibility index (Phi) is 6.10. The summed E-state index contributed by atoms with van der Waals surface area (Å²) in [5.74, 6) is -0.969. The Morgan fingerprint density at radius 3 is 2.65 bits per heavy atom. The van der Waals surface area contributed by atoms with Crippen LogP contribution in [0.15, 0.2) is 18.2 Å². The highest BCUT2D eigenvalue weighted by Gasteiger charge is 2.21. The van der Waals surface area contributed by atoms with Gasteiger partial charge < -0.3 is 16.4 Å². The standard InChI is InChI=1S/C17H24FN3O2/c1-20-16(22)13-10-12(7-8-14(13)18)21-17(23)15(19)9-11-5-3-2-4-6-11/h7-8,10-11,15H,2-6,9,19H2,1H3,(H,20,22)(H,21,23)/t15-/m0/s1. The Balaban J connectivity index is 1.97. The Bertz CT molecular complexity index is 571. The molecule has 5 nitrogen and oxygen atoms in total. The fourth-order valence-corrected chi connectivity index (χ4v) is 3.04. The Morgan fingerprint density at radius 1 is 1.30 bits per heavy atom. The number of halogens is 1. The topological polar surface area (TPSA) is 84.2 Å². The lowest BCUT2D eigenvalue weighted by Crippen LogP contribution is -2.37. The molecule has 0 spiro atoms. The van der Waals surface area contributed by atoms with Gasteiger partial charge in [-0.2, -0.15) is 0 Å². The Morgan fingerprint density at radius 2 is 2.00 bits per heavy atom. The van der Waals surface area contributed by atoms with Crippen molar-refractivity contribution in [3.63, 3.8) is 0 Å². The summed E-state index contributed by atoms with van der Waals surface area (Å²) < 4.78 is 13.6. The molecule has 1 aliphatic rings. The highest BCUT2D eigenvalue weighted by atomic mass is 19.1. The molecule has 1 fully saturated rings. The number of nitrogens with one attached hydrogen (secondary N) is 2. The van der Waals surface area contributed by atoms with Gasteiger partial charge in [-0.05, 0) is 30.5 Å². The second kappa shape index (κ2) is 8.06. The third kappa shape index (κ3) is 4.76. The van der Waals surface area contributed by atoms with Crippen LogP contribution < -0.4 is 16.4 Å². The summed E-state index contributed by atoms with van der Waals surface area (Å²) >= 11 is 0. The first-order valence-electron chi connectivity index (χ1n) is 8.09. The Labute approximate surface area is 135 Å². The fraction of sp³-hybridized carbons (Fsp3) is 0.529. The molecule has 23 heavy (non-hydrogen) atoms. The zero-order valence-corrected chi connectivity index (χ0v) is 13.4. The molecule has 0 unspecified atom stereocenters. The van der Waals surface area contributed by atoms with E-state index in [2.05, 4.69) is 10.6 Å². The average molecular weight is 321 g/mol. The third-order valence-corrected chi connectivity index (χ3v) is 4.35. The smallest absolute Gasteiger partial charge is 0.254 e. The highest BCUT2D eigenvalue weighted by molar-refractivity contribution is 5.98. The number of anilines is 1. The van der Waals surface area contributed by atoms with E-state index in [0.29, 0.717) is 18.0 Å². The predicted molar refractivity (Wildman–Crippen MR) is 87.6 cm³/mol. The largest absolute Gasteiger partial charge is 0.355 e. The molecule has 126 valence electrons. The van der Waals surface area contributed by atoms with Crippen LogP contribution in [0.4, 0.5) is 10.1 Å². The van der Waals surface area contributed by atoms with Crippen molar-refractivity contribution >= 4 is 17.5 Å². The number of rotatable bonds is 5. The summed E-state index contributed by atoms with van der Waals surface area (Å²) in [5.41, 5.74) is 6.25. The van der Waals surface area contributed by atoms with Gasteiger partial charge >= 0.3 is 0 Å². The van der Waals surface area contributed by atoms with Crippen molar-refractivity contribution in [3.8, 4) is 0 Å².